The molecule has 1 heterocycles. The van der Waals surface area contributed by atoms with Gasteiger partial charge in [-0.3, -0.25) is 4.79 Å². The van der Waals surface area contributed by atoms with Crippen LogP contribution in [0.4, 0.5) is 0 Å². The molecule has 0 aromatic heterocycles. The number of carbonyl (C=O) groups is 1. The fourth-order valence-electron chi connectivity index (χ4n) is 2.13. The summed E-state index contributed by atoms with van der Waals surface area (Å²) in [6, 6.07) is 0. The van der Waals surface area contributed by atoms with Crippen molar-refractivity contribution in [2.45, 2.75) is 31.7 Å². The Bertz CT molecular complexity index is 232. The topological polar surface area (TPSA) is 29.1 Å². The molecule has 1 amide bonds. The molecule has 2 nitrogen and oxygen atoms in total. The fraction of sp³-hybridized carbons (Fsp3) is 0.667. The van der Waals surface area contributed by atoms with Crippen molar-refractivity contribution in [3.8, 4) is 0 Å². The molecule has 1 N–H and O–H groups in total. The molecular formula is C9H13NO. The Morgan fingerprint density at radius 3 is 2.82 bits per heavy atom. The highest BCUT2D eigenvalue weighted by molar-refractivity contribution is 5.81. The maximum Gasteiger partial charge on any atom is 0.220 e. The summed E-state index contributed by atoms with van der Waals surface area (Å²) < 4.78 is 0. The van der Waals surface area contributed by atoms with E-state index in [2.05, 4.69) is 18.8 Å². The Morgan fingerprint density at radius 1 is 1.73 bits per heavy atom. The molecule has 1 aliphatic heterocycles. The van der Waals surface area contributed by atoms with Gasteiger partial charge >= 0.3 is 0 Å². The molecule has 2 unspecified atom stereocenters. The summed E-state index contributed by atoms with van der Waals surface area (Å²) in [5, 5.41) is 3.04. The molecule has 2 fully saturated rings. The van der Waals surface area contributed by atoms with Crippen molar-refractivity contribution in [3.63, 3.8) is 0 Å². The van der Waals surface area contributed by atoms with Crippen molar-refractivity contribution in [1.82, 2.24) is 5.32 Å². The number of nitrogens with one attached hydrogen (secondary N) is 1. The molecule has 2 aliphatic rings. The molecule has 0 aromatic carbocycles. The first kappa shape index (κ1) is 6.89. The van der Waals surface area contributed by atoms with Crippen molar-refractivity contribution in [3.05, 3.63) is 12.7 Å². The maximum atomic E-state index is 11.0. The van der Waals surface area contributed by atoms with Gasteiger partial charge in [0.25, 0.3) is 0 Å². The predicted molar refractivity (Wildman–Crippen MR) is 43.0 cm³/mol. The van der Waals surface area contributed by atoms with E-state index in [0.717, 1.165) is 12.8 Å². The van der Waals surface area contributed by atoms with E-state index >= 15 is 0 Å². The molecule has 2 atom stereocenters. The normalized spacial score (nSPS) is 47.5. The molecule has 0 aromatic rings. The van der Waals surface area contributed by atoms with Gasteiger partial charge in [-0.25, -0.2) is 0 Å². The first-order valence-corrected chi connectivity index (χ1v) is 4.07. The lowest BCUT2D eigenvalue weighted by Gasteiger charge is -2.12. The summed E-state index contributed by atoms with van der Waals surface area (Å²) in [7, 11) is 0. The van der Waals surface area contributed by atoms with Crippen molar-refractivity contribution in [1.29, 1.82) is 0 Å². The Hall–Kier alpha value is -0.790. The number of hydrogen-bond donors (Lipinski definition) is 1. The molecule has 11 heavy (non-hydrogen) atoms. The van der Waals surface area contributed by atoms with Crippen LogP contribution >= 0.6 is 0 Å². The van der Waals surface area contributed by atoms with E-state index in [1.807, 2.05) is 6.08 Å². The lowest BCUT2D eigenvalue weighted by molar-refractivity contribution is -0.119. The standard InChI is InChI=1S/C9H13NO/c1-3-8(2)6-9(8)5-4-7(11)10-9/h3H,1,4-6H2,2H3,(H,10,11). The van der Waals surface area contributed by atoms with Gasteiger partial charge in [-0.15, -0.1) is 6.58 Å². The van der Waals surface area contributed by atoms with E-state index < -0.39 is 0 Å². The minimum absolute atomic E-state index is 0.103. The van der Waals surface area contributed by atoms with Gasteiger partial charge in [0.1, 0.15) is 0 Å². The van der Waals surface area contributed by atoms with Crippen molar-refractivity contribution >= 4 is 5.91 Å². The van der Waals surface area contributed by atoms with Gasteiger partial charge < -0.3 is 5.32 Å². The SMILES string of the molecule is C=CC1(C)CC12CCC(=O)N2. The second-order valence-corrected chi connectivity index (χ2v) is 3.93. The van der Waals surface area contributed by atoms with E-state index in [-0.39, 0.29) is 16.9 Å². The third-order valence-electron chi connectivity index (χ3n) is 3.25. The van der Waals surface area contributed by atoms with Crippen LogP contribution in [0.5, 0.6) is 0 Å². The van der Waals surface area contributed by atoms with Crippen LogP contribution in [0.1, 0.15) is 26.2 Å². The van der Waals surface area contributed by atoms with Crippen LogP contribution in [-0.4, -0.2) is 11.4 Å². The Morgan fingerprint density at radius 2 is 2.45 bits per heavy atom. The van der Waals surface area contributed by atoms with Gasteiger partial charge in [0.2, 0.25) is 5.91 Å². The van der Waals surface area contributed by atoms with Crippen LogP contribution in [0.3, 0.4) is 0 Å². The first-order chi connectivity index (χ1) is 5.12. The van der Waals surface area contributed by atoms with Crippen LogP contribution < -0.4 is 5.32 Å². The summed E-state index contributed by atoms with van der Waals surface area (Å²) in [5.74, 6) is 0.204. The molecule has 1 saturated carbocycles. The third kappa shape index (κ3) is 0.697. The van der Waals surface area contributed by atoms with Crippen LogP contribution in [0.2, 0.25) is 0 Å². The zero-order valence-corrected chi connectivity index (χ0v) is 6.81. The second-order valence-electron chi connectivity index (χ2n) is 3.93. The summed E-state index contributed by atoms with van der Waals surface area (Å²) >= 11 is 0. The molecule has 1 aliphatic carbocycles. The van der Waals surface area contributed by atoms with Crippen molar-refractivity contribution < 1.29 is 4.79 Å². The highest BCUT2D eigenvalue weighted by Gasteiger charge is 2.65. The largest absolute Gasteiger partial charge is 0.350 e. The number of hydrogen-bond acceptors (Lipinski definition) is 1. The van der Waals surface area contributed by atoms with Crippen LogP contribution in [0.15, 0.2) is 12.7 Å². The van der Waals surface area contributed by atoms with Crippen molar-refractivity contribution in [2.75, 3.05) is 0 Å². The van der Waals surface area contributed by atoms with Crippen LogP contribution in [-0.2, 0) is 4.79 Å². The molecule has 2 rings (SSSR count). The summed E-state index contributed by atoms with van der Waals surface area (Å²) in [5.41, 5.74) is 0.283. The van der Waals surface area contributed by atoms with E-state index in [1.165, 1.54) is 0 Å². The van der Waals surface area contributed by atoms with E-state index in [9.17, 15) is 4.79 Å². The molecule has 2 heteroatoms. The molecule has 1 spiro atoms. The first-order valence-electron chi connectivity index (χ1n) is 4.07. The molecule has 60 valence electrons. The number of rotatable bonds is 1. The molecule has 0 bridgehead atoms. The van der Waals surface area contributed by atoms with Gasteiger partial charge in [-0.2, -0.15) is 0 Å². The molecule has 1 saturated heterocycles. The van der Waals surface area contributed by atoms with E-state index in [1.54, 1.807) is 0 Å². The summed E-state index contributed by atoms with van der Waals surface area (Å²) in [4.78, 5) is 11.0. The fourth-order valence-corrected chi connectivity index (χ4v) is 2.13. The number of amides is 1. The second kappa shape index (κ2) is 1.68. The lowest BCUT2D eigenvalue weighted by atomic mass is 10.0. The average Bonchev–Trinajstić information content (AvgIpc) is 2.32. The molecule has 0 radical (unpaired) electrons. The van der Waals surface area contributed by atoms with Crippen LogP contribution in [0, 0.1) is 5.41 Å². The monoisotopic (exact) mass is 151 g/mol. The zero-order chi connectivity index (χ0) is 8.11. The van der Waals surface area contributed by atoms with Gasteiger partial charge in [-0.1, -0.05) is 13.0 Å². The van der Waals surface area contributed by atoms with E-state index in [4.69, 9.17) is 0 Å². The van der Waals surface area contributed by atoms with Gasteiger partial charge in [0.15, 0.2) is 0 Å². The maximum absolute atomic E-state index is 11.0. The quantitative estimate of drug-likeness (QED) is 0.561. The predicted octanol–water partition coefficient (Wildman–Crippen LogP) is 1.23. The Labute approximate surface area is 66.7 Å². The Balaban J connectivity index is 2.19. The zero-order valence-electron chi connectivity index (χ0n) is 6.81. The van der Waals surface area contributed by atoms with Crippen molar-refractivity contribution in [2.24, 2.45) is 5.41 Å². The van der Waals surface area contributed by atoms with Crippen LogP contribution in [0.25, 0.3) is 0 Å². The minimum Gasteiger partial charge on any atom is -0.350 e. The summed E-state index contributed by atoms with van der Waals surface area (Å²) in [6.45, 7) is 5.95. The third-order valence-corrected chi connectivity index (χ3v) is 3.25. The average molecular weight is 151 g/mol. The number of carbonyl (C=O) groups excluding carboxylic acids is 1. The minimum atomic E-state index is 0.103. The molecular weight excluding hydrogens is 138 g/mol. The highest BCUT2D eigenvalue weighted by Crippen LogP contribution is 2.60. The highest BCUT2D eigenvalue weighted by atomic mass is 16.2. The smallest absolute Gasteiger partial charge is 0.220 e. The van der Waals surface area contributed by atoms with Gasteiger partial charge in [0.05, 0.1) is 5.54 Å². The summed E-state index contributed by atoms with van der Waals surface area (Å²) in [6.07, 6.45) is 4.74. The Kier molecular flexibility index (Phi) is 1.05. The van der Waals surface area contributed by atoms with E-state index in [0.29, 0.717) is 6.42 Å². The van der Waals surface area contributed by atoms with Gasteiger partial charge in [0, 0.05) is 11.8 Å². The van der Waals surface area contributed by atoms with Gasteiger partial charge in [-0.05, 0) is 12.8 Å². The lowest BCUT2D eigenvalue weighted by Crippen LogP contribution is -2.31.